The van der Waals surface area contributed by atoms with Crippen molar-refractivity contribution >= 4 is 46.4 Å². The number of benzene rings is 1. The summed E-state index contributed by atoms with van der Waals surface area (Å²) >= 11 is 13.5. The molecule has 3 aromatic rings. The van der Waals surface area contributed by atoms with E-state index in [4.69, 9.17) is 23.2 Å². The van der Waals surface area contributed by atoms with Gasteiger partial charge in [-0.15, -0.1) is 11.3 Å². The molecule has 0 atom stereocenters. The van der Waals surface area contributed by atoms with Gasteiger partial charge in [0, 0.05) is 29.3 Å². The van der Waals surface area contributed by atoms with Crippen molar-refractivity contribution in [3.05, 3.63) is 63.1 Å². The lowest BCUT2D eigenvalue weighted by atomic mass is 10.1. The Morgan fingerprint density at radius 1 is 1.14 bits per heavy atom. The lowest BCUT2D eigenvalue weighted by Gasteiger charge is -2.06. The first-order chi connectivity index (χ1) is 14.1. The molecule has 1 amide bonds. The van der Waals surface area contributed by atoms with E-state index >= 15 is 0 Å². The van der Waals surface area contributed by atoms with Crippen molar-refractivity contribution in [3.63, 3.8) is 0 Å². The maximum Gasteiger partial charge on any atom is 0.261 e. The molecule has 5 nitrogen and oxygen atoms in total. The van der Waals surface area contributed by atoms with Gasteiger partial charge in [-0.1, -0.05) is 42.6 Å². The van der Waals surface area contributed by atoms with E-state index in [2.05, 4.69) is 27.5 Å². The quantitative estimate of drug-likeness (QED) is 0.412. The largest absolute Gasteiger partial charge is 0.354 e. The number of halogens is 2. The minimum absolute atomic E-state index is 0.110. The van der Waals surface area contributed by atoms with Crippen LogP contribution in [0.1, 0.15) is 35.0 Å². The zero-order chi connectivity index (χ0) is 20.6. The van der Waals surface area contributed by atoms with Gasteiger partial charge in [0.15, 0.2) is 0 Å². The first kappa shape index (κ1) is 21.6. The van der Waals surface area contributed by atoms with Crippen LogP contribution < -0.4 is 10.6 Å². The van der Waals surface area contributed by atoms with E-state index in [1.807, 2.05) is 24.3 Å². The van der Waals surface area contributed by atoms with E-state index in [1.54, 1.807) is 18.3 Å². The smallest absolute Gasteiger partial charge is 0.261 e. The van der Waals surface area contributed by atoms with E-state index in [0.29, 0.717) is 33.8 Å². The maximum absolute atomic E-state index is 12.5. The molecule has 0 aliphatic heterocycles. The lowest BCUT2D eigenvalue weighted by Crippen LogP contribution is -2.24. The number of aromatic nitrogens is 2. The Labute approximate surface area is 184 Å². The summed E-state index contributed by atoms with van der Waals surface area (Å²) in [7, 11) is 0. The normalized spacial score (nSPS) is 10.7. The van der Waals surface area contributed by atoms with Crippen molar-refractivity contribution in [1.29, 1.82) is 0 Å². The van der Waals surface area contributed by atoms with Gasteiger partial charge in [-0.25, -0.2) is 9.97 Å². The van der Waals surface area contributed by atoms with Crippen molar-refractivity contribution < 1.29 is 4.79 Å². The van der Waals surface area contributed by atoms with E-state index in [9.17, 15) is 4.79 Å². The molecule has 0 radical (unpaired) electrons. The number of carbonyl (C=O) groups is 1. The molecule has 0 unspecified atom stereocenters. The van der Waals surface area contributed by atoms with Crippen LogP contribution in [-0.4, -0.2) is 29.0 Å². The summed E-state index contributed by atoms with van der Waals surface area (Å²) in [5, 5.41) is 7.36. The van der Waals surface area contributed by atoms with E-state index < -0.39 is 0 Å². The molecule has 0 fully saturated rings. The number of hydrogen-bond donors (Lipinski definition) is 2. The Balaban J connectivity index is 1.57. The molecule has 2 N–H and O–H groups in total. The van der Waals surface area contributed by atoms with Gasteiger partial charge in [0.1, 0.15) is 0 Å². The van der Waals surface area contributed by atoms with Crippen molar-refractivity contribution in [1.82, 2.24) is 15.3 Å². The first-order valence-corrected chi connectivity index (χ1v) is 11.0. The number of rotatable bonds is 9. The molecule has 0 aliphatic rings. The molecule has 0 saturated carbocycles. The van der Waals surface area contributed by atoms with Gasteiger partial charge in [0.05, 0.1) is 15.4 Å². The van der Waals surface area contributed by atoms with Gasteiger partial charge in [0.2, 0.25) is 5.95 Å². The zero-order valence-electron chi connectivity index (χ0n) is 16.0. The minimum Gasteiger partial charge on any atom is -0.354 e. The third-order valence-electron chi connectivity index (χ3n) is 4.25. The Hall–Kier alpha value is -2.15. The Kier molecular flexibility index (Phi) is 7.86. The lowest BCUT2D eigenvalue weighted by molar-refractivity contribution is 0.0958. The molecule has 0 spiro atoms. The van der Waals surface area contributed by atoms with Crippen molar-refractivity contribution in [2.75, 3.05) is 18.4 Å². The highest BCUT2D eigenvalue weighted by atomic mass is 35.5. The van der Waals surface area contributed by atoms with Gasteiger partial charge >= 0.3 is 0 Å². The molecule has 152 valence electrons. The number of anilines is 1. The summed E-state index contributed by atoms with van der Waals surface area (Å²) in [5.74, 6) is 0.497. The fraction of sp³-hybridized carbons (Fsp3) is 0.286. The monoisotopic (exact) mass is 448 g/mol. The van der Waals surface area contributed by atoms with E-state index in [-0.39, 0.29) is 5.91 Å². The summed E-state index contributed by atoms with van der Waals surface area (Å²) in [4.78, 5) is 22.8. The molecule has 0 saturated heterocycles. The second-order valence-electron chi connectivity index (χ2n) is 6.45. The van der Waals surface area contributed by atoms with Crippen LogP contribution in [0.2, 0.25) is 10.0 Å². The van der Waals surface area contributed by atoms with Crippen LogP contribution in [-0.2, 0) is 6.42 Å². The first-order valence-electron chi connectivity index (χ1n) is 9.46. The Morgan fingerprint density at radius 3 is 2.79 bits per heavy atom. The molecule has 8 heteroatoms. The topological polar surface area (TPSA) is 66.9 Å². The number of amides is 1. The molecular weight excluding hydrogens is 427 g/mol. The Morgan fingerprint density at radius 2 is 2.00 bits per heavy atom. The van der Waals surface area contributed by atoms with Crippen LogP contribution in [0.25, 0.3) is 10.6 Å². The number of carbonyl (C=O) groups excluding carboxylic acids is 1. The summed E-state index contributed by atoms with van der Waals surface area (Å²) in [6.45, 7) is 3.48. The molecule has 29 heavy (non-hydrogen) atoms. The predicted molar refractivity (Wildman–Crippen MR) is 121 cm³/mol. The van der Waals surface area contributed by atoms with Gasteiger partial charge < -0.3 is 10.6 Å². The minimum atomic E-state index is -0.110. The molecule has 2 heterocycles. The number of nitrogens with one attached hydrogen (secondary N) is 2. The van der Waals surface area contributed by atoms with Gasteiger partial charge in [-0.05, 0) is 48.7 Å². The molecule has 2 aromatic heterocycles. The average molecular weight is 449 g/mol. The third-order valence-corrected chi connectivity index (χ3v) is 5.94. The second kappa shape index (κ2) is 10.6. The number of nitrogens with zero attached hydrogens (tertiary/aromatic N) is 2. The fourth-order valence-corrected chi connectivity index (χ4v) is 4.07. The fourth-order valence-electron chi connectivity index (χ4n) is 2.68. The van der Waals surface area contributed by atoms with Gasteiger partial charge in [-0.2, -0.15) is 0 Å². The summed E-state index contributed by atoms with van der Waals surface area (Å²) < 4.78 is 0. The highest BCUT2D eigenvalue weighted by Gasteiger charge is 2.12. The Bertz CT molecular complexity index is 977. The maximum atomic E-state index is 12.5. The van der Waals surface area contributed by atoms with Gasteiger partial charge in [0.25, 0.3) is 5.91 Å². The number of unbranched alkanes of at least 4 members (excludes halogenated alkanes) is 1. The van der Waals surface area contributed by atoms with Crippen LogP contribution in [0.4, 0.5) is 5.95 Å². The average Bonchev–Trinajstić information content (AvgIpc) is 3.20. The number of thiophene rings is 1. The van der Waals surface area contributed by atoms with Crippen molar-refractivity contribution in [3.8, 4) is 10.6 Å². The molecule has 0 aliphatic carbocycles. The third kappa shape index (κ3) is 6.16. The van der Waals surface area contributed by atoms with E-state index in [0.717, 1.165) is 35.5 Å². The summed E-state index contributed by atoms with van der Waals surface area (Å²) in [6.07, 6.45) is 4.54. The highest BCUT2D eigenvalue weighted by Crippen LogP contribution is 2.27. The second-order valence-corrected chi connectivity index (χ2v) is 8.38. The van der Waals surface area contributed by atoms with Crippen molar-refractivity contribution in [2.45, 2.75) is 26.2 Å². The van der Waals surface area contributed by atoms with Gasteiger partial charge in [-0.3, -0.25) is 4.79 Å². The van der Waals surface area contributed by atoms with Crippen LogP contribution in [0.3, 0.4) is 0 Å². The molecule has 0 bridgehead atoms. The molecule has 3 rings (SSSR count). The molecule has 1 aromatic carbocycles. The summed E-state index contributed by atoms with van der Waals surface area (Å²) in [5.41, 5.74) is 1.75. The highest BCUT2D eigenvalue weighted by molar-refractivity contribution is 7.17. The SMILES string of the molecule is CCCCNc1nccc(-c2ccc(C(=O)NCCc3ccc(Cl)cc3Cl)s2)n1. The van der Waals surface area contributed by atoms with Crippen LogP contribution in [0.15, 0.2) is 42.6 Å². The van der Waals surface area contributed by atoms with E-state index in [1.165, 1.54) is 11.3 Å². The van der Waals surface area contributed by atoms with Crippen LogP contribution in [0.5, 0.6) is 0 Å². The van der Waals surface area contributed by atoms with Crippen LogP contribution >= 0.6 is 34.5 Å². The summed E-state index contributed by atoms with van der Waals surface area (Å²) in [6, 6.07) is 11.0. The molecular formula is C21H22Cl2N4OS. The standard InChI is InChI=1S/C21H22Cl2N4OS/c1-2-3-10-25-21-26-12-9-17(27-21)18-6-7-19(29-18)20(28)24-11-8-14-4-5-15(22)13-16(14)23/h4-7,9,12-13H,2-3,8,10-11H2,1H3,(H,24,28)(H,25,26,27). The number of hydrogen-bond acceptors (Lipinski definition) is 5. The predicted octanol–water partition coefficient (Wildman–Crippen LogP) is 5.70. The zero-order valence-corrected chi connectivity index (χ0v) is 18.4. The van der Waals surface area contributed by atoms with Crippen LogP contribution in [0, 0.1) is 0 Å². The van der Waals surface area contributed by atoms with Crippen molar-refractivity contribution in [2.24, 2.45) is 0 Å².